The summed E-state index contributed by atoms with van der Waals surface area (Å²) < 4.78 is 0. The van der Waals surface area contributed by atoms with Gasteiger partial charge in [-0.05, 0) is 0 Å². The number of nitriles is 2. The van der Waals surface area contributed by atoms with Crippen LogP contribution in [-0.4, -0.2) is 0 Å². The van der Waals surface area contributed by atoms with E-state index < -0.39 is 0 Å². The van der Waals surface area contributed by atoms with Crippen LogP contribution in [0, 0.1) is 22.7 Å². The third-order valence-electron chi connectivity index (χ3n) is 1.58. The smallest absolute Gasteiger partial charge is 0.212 e. The zero-order valence-corrected chi connectivity index (χ0v) is 9.60. The van der Waals surface area contributed by atoms with Gasteiger partial charge in [0.2, 0.25) is 0 Å². The van der Waals surface area contributed by atoms with Crippen molar-refractivity contribution in [3.63, 3.8) is 0 Å². The maximum atomic E-state index is 8.18. The van der Waals surface area contributed by atoms with Crippen LogP contribution in [0.5, 0.6) is 0 Å². The minimum atomic E-state index is 0. The Kier molecular flexibility index (Phi) is 6.81. The maximum absolute atomic E-state index is 8.18. The van der Waals surface area contributed by atoms with E-state index in [4.69, 9.17) is 10.5 Å². The summed E-state index contributed by atoms with van der Waals surface area (Å²) in [7, 11) is 0. The fourth-order valence-electron chi connectivity index (χ4n) is 0.897. The van der Waals surface area contributed by atoms with Gasteiger partial charge >= 0.3 is 19.5 Å². The normalized spacial score (nSPS) is 7.33. The molecular formula is C12H8N2Ru. The number of hydrogen-bond acceptors (Lipinski definition) is 2. The molecule has 0 aromatic heterocycles. The molecule has 0 bridgehead atoms. The molecule has 0 aliphatic heterocycles. The molecule has 74 valence electrons. The van der Waals surface area contributed by atoms with E-state index in [-0.39, 0.29) is 19.5 Å². The van der Waals surface area contributed by atoms with Crippen molar-refractivity contribution in [3.05, 3.63) is 59.7 Å². The molecule has 0 amide bonds. The zero-order chi connectivity index (χ0) is 10.2. The Morgan fingerprint density at radius 3 is 1.07 bits per heavy atom. The Morgan fingerprint density at radius 2 is 0.933 bits per heavy atom. The van der Waals surface area contributed by atoms with Gasteiger partial charge in [0.15, 0.2) is 0 Å². The first-order valence-electron chi connectivity index (χ1n) is 4.10. The Morgan fingerprint density at radius 1 is 0.667 bits per heavy atom. The molecule has 0 aliphatic rings. The molecule has 0 radical (unpaired) electrons. The van der Waals surface area contributed by atoms with Crippen molar-refractivity contribution in [3.8, 4) is 12.1 Å². The van der Waals surface area contributed by atoms with Gasteiger partial charge in [-0.2, -0.15) is 24.3 Å². The van der Waals surface area contributed by atoms with Crippen LogP contribution in [0.25, 0.3) is 0 Å². The molecule has 0 saturated carbocycles. The standard InChI is InChI=1S/2C6H4N.Ru/c2*7-5-6-3-1-2-4-6;/h2*1-4H;/q2*-1;+2. The molecule has 2 nitrogen and oxygen atoms in total. The molecule has 0 spiro atoms. The molecular weight excluding hydrogens is 273 g/mol. The summed E-state index contributed by atoms with van der Waals surface area (Å²) in [6.45, 7) is 0. The first-order valence-corrected chi connectivity index (χ1v) is 4.10. The van der Waals surface area contributed by atoms with Crippen LogP contribution in [0.2, 0.25) is 0 Å². The quantitative estimate of drug-likeness (QED) is 0.550. The summed E-state index contributed by atoms with van der Waals surface area (Å²) in [4.78, 5) is 0. The second kappa shape index (κ2) is 7.68. The molecule has 0 heterocycles. The van der Waals surface area contributed by atoms with E-state index in [2.05, 4.69) is 0 Å². The fraction of sp³-hybridized carbons (Fsp3) is 0. The van der Waals surface area contributed by atoms with Crippen LogP contribution < -0.4 is 0 Å². The zero-order valence-electron chi connectivity index (χ0n) is 7.87. The molecule has 0 atom stereocenters. The van der Waals surface area contributed by atoms with Gasteiger partial charge < -0.3 is 0 Å². The van der Waals surface area contributed by atoms with Gasteiger partial charge in [0, 0.05) is 12.1 Å². The second-order valence-corrected chi connectivity index (χ2v) is 2.57. The first kappa shape index (κ1) is 13.3. The Balaban J connectivity index is 0.000000245. The fourth-order valence-corrected chi connectivity index (χ4v) is 0.897. The van der Waals surface area contributed by atoms with Gasteiger partial charge in [0.25, 0.3) is 0 Å². The second-order valence-electron chi connectivity index (χ2n) is 2.57. The molecule has 0 unspecified atom stereocenters. The molecule has 0 N–H and O–H groups in total. The monoisotopic (exact) mass is 282 g/mol. The average Bonchev–Trinajstić information content (AvgIpc) is 2.92. The minimum Gasteiger partial charge on any atom is -0.212 e. The van der Waals surface area contributed by atoms with E-state index in [1.54, 1.807) is 24.3 Å². The van der Waals surface area contributed by atoms with Crippen molar-refractivity contribution in [1.29, 1.82) is 10.5 Å². The largest absolute Gasteiger partial charge is 2.00 e. The van der Waals surface area contributed by atoms with E-state index in [1.807, 2.05) is 36.4 Å². The van der Waals surface area contributed by atoms with Crippen molar-refractivity contribution < 1.29 is 19.5 Å². The summed E-state index contributed by atoms with van der Waals surface area (Å²) in [6, 6.07) is 18.5. The maximum Gasteiger partial charge on any atom is 2.00 e. The van der Waals surface area contributed by atoms with E-state index in [0.29, 0.717) is 0 Å². The minimum absolute atomic E-state index is 0. The molecule has 0 saturated heterocycles. The van der Waals surface area contributed by atoms with Gasteiger partial charge in [-0.15, -0.1) is 0 Å². The van der Waals surface area contributed by atoms with Gasteiger partial charge in [-0.3, -0.25) is 0 Å². The van der Waals surface area contributed by atoms with E-state index in [0.717, 1.165) is 11.1 Å². The molecule has 2 aromatic rings. The van der Waals surface area contributed by atoms with Crippen molar-refractivity contribution in [1.82, 2.24) is 0 Å². The summed E-state index contributed by atoms with van der Waals surface area (Å²) >= 11 is 0. The number of nitrogens with zero attached hydrogens (tertiary/aromatic N) is 2. The Bertz CT molecular complexity index is 383. The van der Waals surface area contributed by atoms with Gasteiger partial charge in [-0.1, -0.05) is 11.1 Å². The van der Waals surface area contributed by atoms with Crippen LogP contribution in [-0.2, 0) is 19.5 Å². The van der Waals surface area contributed by atoms with Crippen LogP contribution in [0.1, 0.15) is 11.1 Å². The molecule has 2 aromatic carbocycles. The molecule has 15 heavy (non-hydrogen) atoms. The van der Waals surface area contributed by atoms with E-state index in [1.165, 1.54) is 0 Å². The number of hydrogen-bond donors (Lipinski definition) is 0. The van der Waals surface area contributed by atoms with E-state index >= 15 is 0 Å². The summed E-state index contributed by atoms with van der Waals surface area (Å²) in [5, 5.41) is 16.4. The van der Waals surface area contributed by atoms with Crippen molar-refractivity contribution in [2.24, 2.45) is 0 Å². The SMILES string of the molecule is N#C[c-]1cccc1.N#C[c-]1cccc1.[Ru+2]. The molecule has 0 aliphatic carbocycles. The summed E-state index contributed by atoms with van der Waals surface area (Å²) in [5.74, 6) is 0. The van der Waals surface area contributed by atoms with Gasteiger partial charge in [0.05, 0.1) is 0 Å². The van der Waals surface area contributed by atoms with Crippen LogP contribution in [0.3, 0.4) is 0 Å². The van der Waals surface area contributed by atoms with Crippen LogP contribution in [0.15, 0.2) is 48.5 Å². The topological polar surface area (TPSA) is 47.6 Å². The first-order chi connectivity index (χ1) is 6.86. The Hall–Kier alpha value is -1.70. The van der Waals surface area contributed by atoms with E-state index in [9.17, 15) is 0 Å². The predicted octanol–water partition coefficient (Wildman–Crippen LogP) is 2.55. The summed E-state index contributed by atoms with van der Waals surface area (Å²) in [6.07, 6.45) is 0. The van der Waals surface area contributed by atoms with Crippen molar-refractivity contribution >= 4 is 0 Å². The average molecular weight is 281 g/mol. The van der Waals surface area contributed by atoms with Gasteiger partial charge in [0.1, 0.15) is 0 Å². The number of rotatable bonds is 0. The predicted molar refractivity (Wildman–Crippen MR) is 53.5 cm³/mol. The van der Waals surface area contributed by atoms with Crippen molar-refractivity contribution in [2.75, 3.05) is 0 Å². The third kappa shape index (κ3) is 4.91. The molecule has 2 rings (SSSR count). The van der Waals surface area contributed by atoms with Gasteiger partial charge in [-0.25, -0.2) is 34.8 Å². The third-order valence-corrected chi connectivity index (χ3v) is 1.58. The summed E-state index contributed by atoms with van der Waals surface area (Å²) in [5.41, 5.74) is 1.47. The Labute approximate surface area is 102 Å². The van der Waals surface area contributed by atoms with Crippen molar-refractivity contribution in [2.45, 2.75) is 0 Å². The molecule has 3 heteroatoms. The molecule has 0 fully saturated rings. The van der Waals surface area contributed by atoms with Crippen LogP contribution >= 0.6 is 0 Å². The van der Waals surface area contributed by atoms with Crippen LogP contribution in [0.4, 0.5) is 0 Å².